The van der Waals surface area contributed by atoms with Crippen LogP contribution in [0, 0.1) is 0 Å². The second-order valence-electron chi connectivity index (χ2n) is 4.90. The fourth-order valence-electron chi connectivity index (χ4n) is 2.13. The molecule has 1 aromatic rings. The molecule has 2 rings (SSSR count). The third-order valence-corrected chi connectivity index (χ3v) is 3.46. The van der Waals surface area contributed by atoms with Gasteiger partial charge in [0.05, 0.1) is 12.4 Å². The van der Waals surface area contributed by atoms with E-state index in [0.29, 0.717) is 17.6 Å². The SMILES string of the molecule is CCNc1cncc(C(=O)N2CCN(C)C(C)C2)n1. The second-order valence-corrected chi connectivity index (χ2v) is 4.90. The molecule has 1 N–H and O–H groups in total. The van der Waals surface area contributed by atoms with Crippen molar-refractivity contribution < 1.29 is 4.79 Å². The van der Waals surface area contributed by atoms with Crippen LogP contribution in [-0.2, 0) is 0 Å². The number of nitrogens with one attached hydrogen (secondary N) is 1. The van der Waals surface area contributed by atoms with Crippen LogP contribution < -0.4 is 5.32 Å². The summed E-state index contributed by atoms with van der Waals surface area (Å²) in [4.78, 5) is 24.9. The highest BCUT2D eigenvalue weighted by atomic mass is 16.2. The molecule has 1 saturated heterocycles. The summed E-state index contributed by atoms with van der Waals surface area (Å²) in [6, 6.07) is 0.377. The zero-order valence-electron chi connectivity index (χ0n) is 11.8. The summed E-state index contributed by atoms with van der Waals surface area (Å²) in [5.41, 5.74) is 0.412. The maximum Gasteiger partial charge on any atom is 0.274 e. The van der Waals surface area contributed by atoms with Gasteiger partial charge in [-0.05, 0) is 20.9 Å². The van der Waals surface area contributed by atoms with Crippen LogP contribution in [0.2, 0.25) is 0 Å². The lowest BCUT2D eigenvalue weighted by molar-refractivity contribution is 0.0566. The Hall–Kier alpha value is -1.69. The average molecular weight is 263 g/mol. The number of hydrogen-bond acceptors (Lipinski definition) is 5. The molecule has 1 amide bonds. The average Bonchev–Trinajstić information content (AvgIpc) is 2.42. The molecule has 1 atom stereocenters. The molecule has 1 aromatic heterocycles. The van der Waals surface area contributed by atoms with Crippen LogP contribution in [0.4, 0.5) is 5.82 Å². The molecule has 0 bridgehead atoms. The topological polar surface area (TPSA) is 61.4 Å². The van der Waals surface area contributed by atoms with Crippen molar-refractivity contribution in [3.8, 4) is 0 Å². The van der Waals surface area contributed by atoms with E-state index in [2.05, 4.69) is 34.2 Å². The summed E-state index contributed by atoms with van der Waals surface area (Å²) in [7, 11) is 2.08. The van der Waals surface area contributed by atoms with Crippen LogP contribution in [0.1, 0.15) is 24.3 Å². The first-order valence-electron chi connectivity index (χ1n) is 6.67. The quantitative estimate of drug-likeness (QED) is 0.869. The van der Waals surface area contributed by atoms with Crippen molar-refractivity contribution in [1.82, 2.24) is 19.8 Å². The molecular weight excluding hydrogens is 242 g/mol. The fraction of sp³-hybridized carbons (Fsp3) is 0.615. The van der Waals surface area contributed by atoms with Crippen molar-refractivity contribution in [2.45, 2.75) is 19.9 Å². The number of likely N-dealkylation sites (N-methyl/N-ethyl adjacent to an activating group) is 1. The van der Waals surface area contributed by atoms with Crippen molar-refractivity contribution in [2.24, 2.45) is 0 Å². The van der Waals surface area contributed by atoms with Crippen LogP contribution in [0.5, 0.6) is 0 Å². The predicted octanol–water partition coefficient (Wildman–Crippen LogP) is 0.684. The van der Waals surface area contributed by atoms with Gasteiger partial charge in [-0.15, -0.1) is 0 Å². The molecule has 0 saturated carbocycles. The Morgan fingerprint density at radius 3 is 2.95 bits per heavy atom. The van der Waals surface area contributed by atoms with Crippen molar-refractivity contribution in [3.05, 3.63) is 18.1 Å². The Morgan fingerprint density at radius 1 is 1.47 bits per heavy atom. The van der Waals surface area contributed by atoms with E-state index in [1.54, 1.807) is 6.20 Å². The smallest absolute Gasteiger partial charge is 0.274 e. The summed E-state index contributed by atoms with van der Waals surface area (Å²) >= 11 is 0. The molecule has 2 heterocycles. The Morgan fingerprint density at radius 2 is 2.26 bits per heavy atom. The van der Waals surface area contributed by atoms with Gasteiger partial charge in [0.2, 0.25) is 0 Å². The zero-order valence-corrected chi connectivity index (χ0v) is 11.8. The monoisotopic (exact) mass is 263 g/mol. The molecule has 6 heteroatoms. The van der Waals surface area contributed by atoms with Crippen LogP contribution in [-0.4, -0.2) is 64.9 Å². The zero-order chi connectivity index (χ0) is 13.8. The van der Waals surface area contributed by atoms with E-state index in [-0.39, 0.29) is 5.91 Å². The van der Waals surface area contributed by atoms with Gasteiger partial charge in [-0.1, -0.05) is 0 Å². The lowest BCUT2D eigenvalue weighted by Gasteiger charge is -2.37. The number of carbonyl (C=O) groups is 1. The highest BCUT2D eigenvalue weighted by Gasteiger charge is 2.26. The number of hydrogen-bond donors (Lipinski definition) is 1. The maximum absolute atomic E-state index is 12.4. The fourth-order valence-corrected chi connectivity index (χ4v) is 2.13. The van der Waals surface area contributed by atoms with E-state index < -0.39 is 0 Å². The van der Waals surface area contributed by atoms with Gasteiger partial charge in [0, 0.05) is 32.2 Å². The third kappa shape index (κ3) is 3.20. The van der Waals surface area contributed by atoms with E-state index in [1.165, 1.54) is 6.20 Å². The Labute approximate surface area is 113 Å². The molecule has 1 unspecified atom stereocenters. The lowest BCUT2D eigenvalue weighted by atomic mass is 10.2. The molecule has 0 radical (unpaired) electrons. The van der Waals surface area contributed by atoms with Crippen LogP contribution in [0.25, 0.3) is 0 Å². The van der Waals surface area contributed by atoms with E-state index in [4.69, 9.17) is 0 Å². The molecule has 104 valence electrons. The van der Waals surface area contributed by atoms with Crippen LogP contribution >= 0.6 is 0 Å². The molecule has 0 aromatic carbocycles. The normalized spacial score (nSPS) is 20.4. The van der Waals surface area contributed by atoms with E-state index in [1.807, 2.05) is 11.8 Å². The molecule has 19 heavy (non-hydrogen) atoms. The first-order valence-corrected chi connectivity index (χ1v) is 6.67. The number of aromatic nitrogens is 2. The van der Waals surface area contributed by atoms with Gasteiger partial charge in [0.25, 0.3) is 5.91 Å². The van der Waals surface area contributed by atoms with Gasteiger partial charge >= 0.3 is 0 Å². The van der Waals surface area contributed by atoms with Gasteiger partial charge in [-0.2, -0.15) is 0 Å². The van der Waals surface area contributed by atoms with Crippen molar-refractivity contribution >= 4 is 11.7 Å². The molecule has 1 fully saturated rings. The summed E-state index contributed by atoms with van der Waals surface area (Å²) < 4.78 is 0. The number of nitrogens with zero attached hydrogens (tertiary/aromatic N) is 4. The number of amides is 1. The van der Waals surface area contributed by atoms with Gasteiger partial charge in [0.1, 0.15) is 11.5 Å². The van der Waals surface area contributed by atoms with E-state index >= 15 is 0 Å². The summed E-state index contributed by atoms with van der Waals surface area (Å²) in [6.45, 7) is 7.25. The number of rotatable bonds is 3. The van der Waals surface area contributed by atoms with Gasteiger partial charge in [-0.25, -0.2) is 4.98 Å². The summed E-state index contributed by atoms with van der Waals surface area (Å²) in [5, 5.41) is 3.07. The van der Waals surface area contributed by atoms with Gasteiger partial charge in [-0.3, -0.25) is 9.78 Å². The molecule has 0 aliphatic carbocycles. The van der Waals surface area contributed by atoms with Gasteiger partial charge < -0.3 is 15.1 Å². The molecule has 1 aliphatic heterocycles. The number of piperazine rings is 1. The van der Waals surface area contributed by atoms with E-state index in [9.17, 15) is 4.79 Å². The van der Waals surface area contributed by atoms with Crippen LogP contribution in [0.3, 0.4) is 0 Å². The predicted molar refractivity (Wildman–Crippen MR) is 74.2 cm³/mol. The standard InChI is InChI=1S/C13H21N5O/c1-4-15-12-8-14-7-11(16-12)13(19)18-6-5-17(3)10(2)9-18/h7-8,10H,4-6,9H2,1-3H3,(H,15,16). The summed E-state index contributed by atoms with van der Waals surface area (Å²) in [5.74, 6) is 0.614. The van der Waals surface area contributed by atoms with Crippen molar-refractivity contribution in [3.63, 3.8) is 0 Å². The van der Waals surface area contributed by atoms with Crippen LogP contribution in [0.15, 0.2) is 12.4 Å². The lowest BCUT2D eigenvalue weighted by Crippen LogP contribution is -2.52. The first-order chi connectivity index (χ1) is 9.11. The Balaban J connectivity index is 2.09. The Bertz CT molecular complexity index is 450. The maximum atomic E-state index is 12.4. The minimum absolute atomic E-state index is 0.0350. The minimum atomic E-state index is -0.0350. The van der Waals surface area contributed by atoms with Gasteiger partial charge in [0.15, 0.2) is 0 Å². The van der Waals surface area contributed by atoms with E-state index in [0.717, 1.165) is 26.2 Å². The van der Waals surface area contributed by atoms with Crippen molar-refractivity contribution in [1.29, 1.82) is 0 Å². The molecular formula is C13H21N5O. The first kappa shape index (κ1) is 13.7. The molecule has 0 spiro atoms. The second kappa shape index (κ2) is 5.97. The Kier molecular flexibility index (Phi) is 4.31. The largest absolute Gasteiger partial charge is 0.369 e. The highest BCUT2D eigenvalue weighted by molar-refractivity contribution is 5.92. The van der Waals surface area contributed by atoms with Crippen molar-refractivity contribution in [2.75, 3.05) is 38.5 Å². The molecule has 6 nitrogen and oxygen atoms in total. The number of anilines is 1. The third-order valence-electron chi connectivity index (χ3n) is 3.46. The molecule has 1 aliphatic rings. The minimum Gasteiger partial charge on any atom is -0.369 e. The summed E-state index contributed by atoms with van der Waals surface area (Å²) in [6.07, 6.45) is 3.17. The number of carbonyl (C=O) groups excluding carboxylic acids is 1. The highest BCUT2D eigenvalue weighted by Crippen LogP contribution is 2.11.